The third-order valence-corrected chi connectivity index (χ3v) is 4.16. The fraction of sp³-hybridized carbons (Fsp3) is 0.182. The minimum absolute atomic E-state index is 0.575. The zero-order valence-corrected chi connectivity index (χ0v) is 14.2. The molecule has 0 atom stereocenters. The minimum atomic E-state index is 0.575. The van der Waals surface area contributed by atoms with Gasteiger partial charge in [-0.25, -0.2) is 0 Å². The van der Waals surface area contributed by atoms with E-state index in [9.17, 15) is 0 Å². The normalized spacial score (nSPS) is 10.4. The lowest BCUT2D eigenvalue weighted by molar-refractivity contribution is 0.293. The van der Waals surface area contributed by atoms with Crippen molar-refractivity contribution in [1.29, 1.82) is 0 Å². The van der Waals surface area contributed by atoms with Crippen molar-refractivity contribution in [2.75, 3.05) is 0 Å². The number of hydrogen-bond acceptors (Lipinski definition) is 2. The van der Waals surface area contributed by atoms with Crippen molar-refractivity contribution in [3.8, 4) is 11.5 Å². The van der Waals surface area contributed by atoms with Crippen LogP contribution in [0, 0.1) is 13.8 Å². The quantitative estimate of drug-likeness (QED) is 0.600. The summed E-state index contributed by atoms with van der Waals surface area (Å²) in [5.41, 5.74) is 4.57. The second kappa shape index (κ2) is 7.69. The molecule has 0 unspecified atom stereocenters. The molecule has 0 aliphatic carbocycles. The van der Waals surface area contributed by atoms with Crippen molar-refractivity contribution >= 4 is 0 Å². The largest absolute Gasteiger partial charge is 0.489 e. The Balaban J connectivity index is 1.67. The van der Waals surface area contributed by atoms with Crippen LogP contribution in [0.4, 0.5) is 0 Å². The Morgan fingerprint density at radius 2 is 0.917 bits per heavy atom. The summed E-state index contributed by atoms with van der Waals surface area (Å²) in [5.74, 6) is 1.81. The molecule has 0 spiro atoms. The Morgan fingerprint density at radius 3 is 1.29 bits per heavy atom. The van der Waals surface area contributed by atoms with Gasteiger partial charge in [0.2, 0.25) is 0 Å². The van der Waals surface area contributed by atoms with E-state index >= 15 is 0 Å². The molecule has 0 fully saturated rings. The lowest BCUT2D eigenvalue weighted by atomic mass is 10.1. The summed E-state index contributed by atoms with van der Waals surface area (Å²) in [6.07, 6.45) is 0. The van der Waals surface area contributed by atoms with Gasteiger partial charge in [-0.3, -0.25) is 0 Å². The average Bonchev–Trinajstić information content (AvgIpc) is 2.64. The molecule has 0 aliphatic rings. The molecule has 0 N–H and O–H groups in total. The molecule has 0 bridgehead atoms. The molecule has 2 nitrogen and oxygen atoms in total. The van der Waals surface area contributed by atoms with Crippen molar-refractivity contribution in [3.05, 3.63) is 95.1 Å². The highest BCUT2D eigenvalue weighted by atomic mass is 16.5. The van der Waals surface area contributed by atoms with Crippen LogP contribution in [-0.4, -0.2) is 0 Å². The Morgan fingerprint density at radius 1 is 0.542 bits per heavy atom. The fourth-order valence-corrected chi connectivity index (χ4v) is 2.55. The van der Waals surface area contributed by atoms with Crippen molar-refractivity contribution < 1.29 is 9.47 Å². The predicted octanol–water partition coefficient (Wildman–Crippen LogP) is 5.46. The van der Waals surface area contributed by atoms with Crippen LogP contribution in [0.5, 0.6) is 11.5 Å². The Hall–Kier alpha value is -2.74. The molecule has 2 heteroatoms. The smallest absolute Gasteiger partial charge is 0.123 e. The molecule has 24 heavy (non-hydrogen) atoms. The first-order valence-corrected chi connectivity index (χ1v) is 8.17. The molecule has 3 aromatic carbocycles. The Labute approximate surface area is 143 Å². The molecule has 0 saturated carbocycles. The van der Waals surface area contributed by atoms with Crippen LogP contribution in [-0.2, 0) is 13.2 Å². The predicted molar refractivity (Wildman–Crippen MR) is 97.5 cm³/mol. The van der Waals surface area contributed by atoms with Gasteiger partial charge >= 0.3 is 0 Å². The number of benzene rings is 3. The summed E-state index contributed by atoms with van der Waals surface area (Å²) in [5, 5.41) is 0. The van der Waals surface area contributed by atoms with Crippen LogP contribution in [0.15, 0.2) is 72.8 Å². The molecule has 0 heterocycles. The first-order valence-electron chi connectivity index (χ1n) is 8.17. The van der Waals surface area contributed by atoms with E-state index < -0.39 is 0 Å². The number of rotatable bonds is 6. The maximum absolute atomic E-state index is 5.97. The third kappa shape index (κ3) is 3.96. The van der Waals surface area contributed by atoms with E-state index in [0.717, 1.165) is 22.6 Å². The van der Waals surface area contributed by atoms with E-state index in [-0.39, 0.29) is 0 Å². The maximum atomic E-state index is 5.97. The number of hydrogen-bond donors (Lipinski definition) is 0. The summed E-state index contributed by atoms with van der Waals surface area (Å²) in [6.45, 7) is 5.30. The molecular weight excluding hydrogens is 296 g/mol. The van der Waals surface area contributed by atoms with E-state index in [4.69, 9.17) is 9.47 Å². The summed E-state index contributed by atoms with van der Waals surface area (Å²) in [4.78, 5) is 0. The van der Waals surface area contributed by atoms with Crippen LogP contribution in [0.25, 0.3) is 0 Å². The molecule has 0 aromatic heterocycles. The van der Waals surface area contributed by atoms with Gasteiger partial charge in [0.1, 0.15) is 24.7 Å². The summed E-state index contributed by atoms with van der Waals surface area (Å²) >= 11 is 0. The third-order valence-electron chi connectivity index (χ3n) is 4.16. The molecule has 0 aliphatic heterocycles. The SMILES string of the molecule is Cc1c(OCc2ccccc2)ccc(OCc2ccccc2)c1C. The van der Waals surface area contributed by atoms with E-state index in [1.807, 2.05) is 48.5 Å². The monoisotopic (exact) mass is 318 g/mol. The van der Waals surface area contributed by atoms with Crippen LogP contribution in [0.3, 0.4) is 0 Å². The molecule has 3 aromatic rings. The van der Waals surface area contributed by atoms with Crippen molar-refractivity contribution in [1.82, 2.24) is 0 Å². The van der Waals surface area contributed by atoms with Crippen LogP contribution in [0.1, 0.15) is 22.3 Å². The van der Waals surface area contributed by atoms with E-state index in [1.54, 1.807) is 0 Å². The molecule has 0 amide bonds. The maximum Gasteiger partial charge on any atom is 0.123 e. The molecular formula is C22H22O2. The van der Waals surface area contributed by atoms with Gasteiger partial charge in [0.25, 0.3) is 0 Å². The van der Waals surface area contributed by atoms with Gasteiger partial charge in [-0.15, -0.1) is 0 Å². The zero-order chi connectivity index (χ0) is 16.8. The highest BCUT2D eigenvalue weighted by molar-refractivity contribution is 5.47. The fourth-order valence-electron chi connectivity index (χ4n) is 2.55. The second-order valence-electron chi connectivity index (χ2n) is 5.86. The summed E-state index contributed by atoms with van der Waals surface area (Å²) < 4.78 is 11.9. The van der Waals surface area contributed by atoms with Gasteiger partial charge in [-0.2, -0.15) is 0 Å². The van der Waals surface area contributed by atoms with Crippen LogP contribution < -0.4 is 9.47 Å². The summed E-state index contributed by atoms with van der Waals surface area (Å²) in [7, 11) is 0. The highest BCUT2D eigenvalue weighted by Gasteiger charge is 2.09. The lowest BCUT2D eigenvalue weighted by Crippen LogP contribution is -2.01. The topological polar surface area (TPSA) is 18.5 Å². The average molecular weight is 318 g/mol. The lowest BCUT2D eigenvalue weighted by Gasteiger charge is -2.15. The van der Waals surface area contributed by atoms with Crippen molar-refractivity contribution in [2.24, 2.45) is 0 Å². The van der Waals surface area contributed by atoms with Crippen LogP contribution >= 0.6 is 0 Å². The van der Waals surface area contributed by atoms with Gasteiger partial charge in [0, 0.05) is 0 Å². The van der Waals surface area contributed by atoms with Gasteiger partial charge < -0.3 is 9.47 Å². The van der Waals surface area contributed by atoms with Gasteiger partial charge in [-0.05, 0) is 48.2 Å². The number of ether oxygens (including phenoxy) is 2. The zero-order valence-electron chi connectivity index (χ0n) is 14.2. The molecule has 122 valence electrons. The van der Waals surface area contributed by atoms with Gasteiger partial charge in [0.15, 0.2) is 0 Å². The summed E-state index contributed by atoms with van der Waals surface area (Å²) in [6, 6.07) is 24.4. The first-order chi connectivity index (χ1) is 11.7. The molecule has 3 rings (SSSR count). The Bertz CT molecular complexity index is 711. The standard InChI is InChI=1S/C22H22O2/c1-17-18(2)22(24-16-20-11-7-4-8-12-20)14-13-21(17)23-15-19-9-5-3-6-10-19/h3-14H,15-16H2,1-2H3. The van der Waals surface area contributed by atoms with Crippen LogP contribution in [0.2, 0.25) is 0 Å². The van der Waals surface area contributed by atoms with Crippen molar-refractivity contribution in [3.63, 3.8) is 0 Å². The second-order valence-corrected chi connectivity index (χ2v) is 5.86. The molecule has 0 saturated heterocycles. The molecule has 0 radical (unpaired) electrons. The van der Waals surface area contributed by atoms with Crippen molar-refractivity contribution in [2.45, 2.75) is 27.1 Å². The Kier molecular flexibility index (Phi) is 5.17. The van der Waals surface area contributed by atoms with Gasteiger partial charge in [0.05, 0.1) is 0 Å². The van der Waals surface area contributed by atoms with E-state index in [2.05, 4.69) is 38.1 Å². The van der Waals surface area contributed by atoms with E-state index in [0.29, 0.717) is 13.2 Å². The van der Waals surface area contributed by atoms with E-state index in [1.165, 1.54) is 11.1 Å². The van der Waals surface area contributed by atoms with Gasteiger partial charge in [-0.1, -0.05) is 60.7 Å². The minimum Gasteiger partial charge on any atom is -0.489 e. The highest BCUT2D eigenvalue weighted by Crippen LogP contribution is 2.30. The first kappa shape index (κ1) is 16.1.